The van der Waals surface area contributed by atoms with E-state index in [4.69, 9.17) is 10.5 Å². The van der Waals surface area contributed by atoms with Crippen molar-refractivity contribution in [3.05, 3.63) is 35.2 Å². The molecule has 21 heavy (non-hydrogen) atoms. The van der Waals surface area contributed by atoms with Gasteiger partial charge in [-0.15, -0.1) is 11.3 Å². The van der Waals surface area contributed by atoms with Crippen molar-refractivity contribution in [2.45, 2.75) is 18.9 Å². The number of nitrogens with zero attached hydrogens (tertiary/aromatic N) is 1. The molecule has 1 aliphatic heterocycles. The Hall–Kier alpha value is -2.08. The number of hydrogen-bond donors (Lipinski definition) is 1. The Morgan fingerprint density at radius 3 is 2.95 bits per heavy atom. The Labute approximate surface area is 126 Å². The fourth-order valence-corrected chi connectivity index (χ4v) is 3.58. The third-order valence-electron chi connectivity index (χ3n) is 3.69. The smallest absolute Gasteiger partial charge is 0.348 e. The summed E-state index contributed by atoms with van der Waals surface area (Å²) in [5.74, 6) is -0.340. The standard InChI is InChI=1S/C15H16N2O3S/c16-15(19)17-7-3-5-11(17)9-20-14(18)13-8-10-4-1-2-6-12(10)21-13/h1-2,4,6,8,11H,3,5,7,9H2,(H2,16,19)/t11-/m0/s1. The molecule has 1 aromatic heterocycles. The molecule has 2 amide bonds. The average Bonchev–Trinajstić information content (AvgIpc) is 3.10. The molecular formula is C15H16N2O3S. The summed E-state index contributed by atoms with van der Waals surface area (Å²) in [5.41, 5.74) is 5.31. The first-order chi connectivity index (χ1) is 10.1. The van der Waals surface area contributed by atoms with Crippen LogP contribution in [0.3, 0.4) is 0 Å². The van der Waals surface area contributed by atoms with Gasteiger partial charge in [0, 0.05) is 11.2 Å². The predicted octanol–water partition coefficient (Wildman–Crippen LogP) is 2.60. The van der Waals surface area contributed by atoms with E-state index in [1.807, 2.05) is 30.3 Å². The molecule has 2 N–H and O–H groups in total. The van der Waals surface area contributed by atoms with Gasteiger partial charge in [0.1, 0.15) is 11.5 Å². The minimum absolute atomic E-state index is 0.0965. The van der Waals surface area contributed by atoms with Gasteiger partial charge in [0.2, 0.25) is 0 Å². The van der Waals surface area contributed by atoms with Gasteiger partial charge in [0.25, 0.3) is 0 Å². The zero-order valence-corrected chi connectivity index (χ0v) is 12.3. The van der Waals surface area contributed by atoms with Crippen LogP contribution in [-0.2, 0) is 4.74 Å². The summed E-state index contributed by atoms with van der Waals surface area (Å²) in [6.45, 7) is 0.844. The molecule has 0 unspecified atom stereocenters. The number of esters is 1. The molecule has 5 nitrogen and oxygen atoms in total. The molecule has 2 aromatic rings. The van der Waals surface area contributed by atoms with Gasteiger partial charge in [-0.3, -0.25) is 0 Å². The lowest BCUT2D eigenvalue weighted by Crippen LogP contribution is -2.41. The highest BCUT2D eigenvalue weighted by atomic mass is 32.1. The molecule has 1 aromatic carbocycles. The first-order valence-electron chi connectivity index (χ1n) is 6.87. The number of urea groups is 1. The number of carbonyl (C=O) groups excluding carboxylic acids is 2. The second-order valence-corrected chi connectivity index (χ2v) is 6.16. The molecular weight excluding hydrogens is 288 g/mol. The van der Waals surface area contributed by atoms with Crippen LogP contribution in [-0.4, -0.2) is 36.1 Å². The summed E-state index contributed by atoms with van der Waals surface area (Å²) in [7, 11) is 0. The lowest BCUT2D eigenvalue weighted by atomic mass is 10.2. The first-order valence-corrected chi connectivity index (χ1v) is 7.68. The first kappa shape index (κ1) is 13.9. The van der Waals surface area contributed by atoms with E-state index in [0.717, 1.165) is 22.9 Å². The normalized spacial score (nSPS) is 18.1. The molecule has 3 rings (SSSR count). The van der Waals surface area contributed by atoms with E-state index in [1.54, 1.807) is 4.90 Å². The third kappa shape index (κ3) is 2.85. The number of fused-ring (bicyclic) bond motifs is 1. The molecule has 2 heterocycles. The second-order valence-electron chi connectivity index (χ2n) is 5.07. The molecule has 0 bridgehead atoms. The van der Waals surface area contributed by atoms with E-state index in [0.29, 0.717) is 11.4 Å². The van der Waals surface area contributed by atoms with Crippen LogP contribution in [0.25, 0.3) is 10.1 Å². The third-order valence-corrected chi connectivity index (χ3v) is 4.79. The molecule has 0 aliphatic carbocycles. The summed E-state index contributed by atoms with van der Waals surface area (Å²) >= 11 is 1.42. The Morgan fingerprint density at radius 1 is 1.38 bits per heavy atom. The fraction of sp³-hybridized carbons (Fsp3) is 0.333. The monoisotopic (exact) mass is 304 g/mol. The minimum atomic E-state index is -0.449. The summed E-state index contributed by atoms with van der Waals surface area (Å²) in [5, 5.41) is 1.04. The summed E-state index contributed by atoms with van der Waals surface area (Å²) < 4.78 is 6.40. The summed E-state index contributed by atoms with van der Waals surface area (Å²) in [4.78, 5) is 25.5. The van der Waals surface area contributed by atoms with Crippen LogP contribution in [0.15, 0.2) is 30.3 Å². The largest absolute Gasteiger partial charge is 0.459 e. The average molecular weight is 304 g/mol. The van der Waals surface area contributed by atoms with Crippen LogP contribution in [0.2, 0.25) is 0 Å². The molecule has 1 aliphatic rings. The van der Waals surface area contributed by atoms with Crippen molar-refractivity contribution in [1.29, 1.82) is 0 Å². The maximum absolute atomic E-state index is 12.1. The van der Waals surface area contributed by atoms with Crippen LogP contribution in [0.5, 0.6) is 0 Å². The number of amides is 2. The van der Waals surface area contributed by atoms with Crippen LogP contribution >= 0.6 is 11.3 Å². The van der Waals surface area contributed by atoms with Gasteiger partial charge in [-0.25, -0.2) is 9.59 Å². The molecule has 1 fully saturated rings. The molecule has 6 heteroatoms. The molecule has 110 valence electrons. The van der Waals surface area contributed by atoms with E-state index in [2.05, 4.69) is 0 Å². The van der Waals surface area contributed by atoms with E-state index < -0.39 is 6.03 Å². The van der Waals surface area contributed by atoms with Gasteiger partial charge in [-0.05, 0) is 30.4 Å². The number of rotatable bonds is 3. The zero-order chi connectivity index (χ0) is 14.8. The van der Waals surface area contributed by atoms with E-state index in [-0.39, 0.29) is 18.6 Å². The number of carbonyl (C=O) groups is 2. The van der Waals surface area contributed by atoms with Crippen molar-refractivity contribution >= 4 is 33.4 Å². The van der Waals surface area contributed by atoms with Gasteiger partial charge in [-0.1, -0.05) is 18.2 Å². The molecule has 0 radical (unpaired) electrons. The van der Waals surface area contributed by atoms with Gasteiger partial charge in [0.15, 0.2) is 0 Å². The van der Waals surface area contributed by atoms with Gasteiger partial charge in [-0.2, -0.15) is 0 Å². The number of hydrogen-bond acceptors (Lipinski definition) is 4. The quantitative estimate of drug-likeness (QED) is 0.886. The Bertz CT molecular complexity index is 649. The van der Waals surface area contributed by atoms with E-state index >= 15 is 0 Å². The van der Waals surface area contributed by atoms with Crippen LogP contribution < -0.4 is 5.73 Å². The summed E-state index contributed by atoms with van der Waals surface area (Å²) in [6.07, 6.45) is 1.72. The minimum Gasteiger partial charge on any atom is -0.459 e. The Balaban J connectivity index is 1.65. The van der Waals surface area contributed by atoms with E-state index in [9.17, 15) is 9.59 Å². The topological polar surface area (TPSA) is 72.6 Å². The van der Waals surface area contributed by atoms with Crippen LogP contribution in [0.4, 0.5) is 4.79 Å². The Morgan fingerprint density at radius 2 is 2.19 bits per heavy atom. The highest BCUT2D eigenvalue weighted by molar-refractivity contribution is 7.20. The predicted molar refractivity (Wildman–Crippen MR) is 81.4 cm³/mol. The number of primary amides is 1. The van der Waals surface area contributed by atoms with Crippen molar-refractivity contribution in [3.63, 3.8) is 0 Å². The SMILES string of the molecule is NC(=O)N1CCC[C@H]1COC(=O)c1cc2ccccc2s1. The van der Waals surface area contributed by atoms with Crippen molar-refractivity contribution in [1.82, 2.24) is 4.90 Å². The number of benzene rings is 1. The van der Waals surface area contributed by atoms with Crippen LogP contribution in [0, 0.1) is 0 Å². The molecule has 1 saturated heterocycles. The molecule has 0 saturated carbocycles. The van der Waals surface area contributed by atoms with Crippen molar-refractivity contribution in [3.8, 4) is 0 Å². The van der Waals surface area contributed by atoms with E-state index in [1.165, 1.54) is 11.3 Å². The molecule has 0 spiro atoms. The lowest BCUT2D eigenvalue weighted by Gasteiger charge is -2.21. The summed E-state index contributed by atoms with van der Waals surface area (Å²) in [6, 6.07) is 9.11. The fourth-order valence-electron chi connectivity index (χ4n) is 2.62. The lowest BCUT2D eigenvalue weighted by molar-refractivity contribution is 0.0428. The zero-order valence-electron chi connectivity index (χ0n) is 11.5. The highest BCUT2D eigenvalue weighted by Gasteiger charge is 2.28. The molecule has 1 atom stereocenters. The maximum Gasteiger partial charge on any atom is 0.348 e. The van der Waals surface area contributed by atoms with Crippen LogP contribution in [0.1, 0.15) is 22.5 Å². The van der Waals surface area contributed by atoms with Crippen molar-refractivity contribution in [2.75, 3.05) is 13.2 Å². The van der Waals surface area contributed by atoms with Gasteiger partial charge < -0.3 is 15.4 Å². The number of nitrogens with two attached hydrogens (primary N) is 1. The highest BCUT2D eigenvalue weighted by Crippen LogP contribution is 2.26. The number of ether oxygens (including phenoxy) is 1. The number of thiophene rings is 1. The van der Waals surface area contributed by atoms with Gasteiger partial charge in [0.05, 0.1) is 6.04 Å². The maximum atomic E-state index is 12.1. The Kier molecular flexibility index (Phi) is 3.79. The van der Waals surface area contributed by atoms with Gasteiger partial charge >= 0.3 is 12.0 Å². The van der Waals surface area contributed by atoms with Crippen molar-refractivity contribution in [2.24, 2.45) is 5.73 Å². The second kappa shape index (κ2) is 5.73. The van der Waals surface area contributed by atoms with Crippen molar-refractivity contribution < 1.29 is 14.3 Å². The number of likely N-dealkylation sites (tertiary alicyclic amines) is 1.